The van der Waals surface area contributed by atoms with Crippen molar-refractivity contribution in [2.45, 2.75) is 37.6 Å². The molecule has 38 heavy (non-hydrogen) atoms. The zero-order chi connectivity index (χ0) is 26.9. The molecule has 5 rings (SSSR count). The van der Waals surface area contributed by atoms with Crippen LogP contribution in [-0.4, -0.2) is 25.7 Å². The third kappa shape index (κ3) is 5.11. The van der Waals surface area contributed by atoms with Crippen LogP contribution in [-0.2, 0) is 10.9 Å². The average Bonchev–Trinajstić information content (AvgIpc) is 2.93. The Hall–Kier alpha value is -3.84. The van der Waals surface area contributed by atoms with Crippen LogP contribution in [0.4, 0.5) is 13.2 Å². The summed E-state index contributed by atoms with van der Waals surface area (Å²) in [5.74, 6) is -0.570. The van der Waals surface area contributed by atoms with E-state index in [2.05, 4.69) is 41.2 Å². The van der Waals surface area contributed by atoms with Gasteiger partial charge in [0, 0.05) is 24.1 Å². The van der Waals surface area contributed by atoms with Crippen molar-refractivity contribution in [2.75, 3.05) is 13.7 Å². The number of hydrogen-bond donors (Lipinski definition) is 1. The summed E-state index contributed by atoms with van der Waals surface area (Å²) in [4.78, 5) is 12.3. The van der Waals surface area contributed by atoms with Gasteiger partial charge in [0.2, 0.25) is 0 Å². The molecule has 0 bridgehead atoms. The van der Waals surface area contributed by atoms with Crippen LogP contribution in [0, 0.1) is 0 Å². The first kappa shape index (κ1) is 25.8. The second kappa shape index (κ2) is 10.5. The quantitative estimate of drug-likeness (QED) is 0.272. The Morgan fingerprint density at radius 1 is 1.03 bits per heavy atom. The number of fused-ring (bicyclic) bond motifs is 2. The molecule has 1 aliphatic heterocycles. The third-order valence-corrected chi connectivity index (χ3v) is 7.18. The second-order valence-corrected chi connectivity index (χ2v) is 9.56. The highest BCUT2D eigenvalue weighted by molar-refractivity contribution is 5.91. The predicted molar refractivity (Wildman–Crippen MR) is 140 cm³/mol. The smallest absolute Gasteiger partial charge is 0.417 e. The number of alkyl halides is 3. The van der Waals surface area contributed by atoms with Crippen molar-refractivity contribution in [3.05, 3.63) is 113 Å². The van der Waals surface area contributed by atoms with Crippen LogP contribution in [0.15, 0.2) is 84.9 Å². The molecule has 0 radical (unpaired) electrons. The number of carbonyl (C=O) groups is 1. The van der Waals surface area contributed by atoms with Gasteiger partial charge in [-0.3, -0.25) is 0 Å². The van der Waals surface area contributed by atoms with Gasteiger partial charge in [0.25, 0.3) is 0 Å². The van der Waals surface area contributed by atoms with Gasteiger partial charge in [-0.05, 0) is 53.4 Å². The van der Waals surface area contributed by atoms with Gasteiger partial charge >= 0.3 is 12.1 Å². The minimum absolute atomic E-state index is 0.0531. The topological polar surface area (TPSA) is 47.6 Å². The van der Waals surface area contributed by atoms with Crippen molar-refractivity contribution in [2.24, 2.45) is 0 Å². The molecular formula is C31H28F3NO3. The van der Waals surface area contributed by atoms with Crippen LogP contribution in [0.1, 0.15) is 57.9 Å². The van der Waals surface area contributed by atoms with Crippen LogP contribution in [0.25, 0.3) is 10.8 Å². The van der Waals surface area contributed by atoms with E-state index in [4.69, 9.17) is 4.74 Å². The summed E-state index contributed by atoms with van der Waals surface area (Å²) >= 11 is 0. The summed E-state index contributed by atoms with van der Waals surface area (Å²) in [5.41, 5.74) is 1.18. The lowest BCUT2D eigenvalue weighted by molar-refractivity contribution is -0.138. The summed E-state index contributed by atoms with van der Waals surface area (Å²) in [6.07, 6.45) is -4.35. The molecule has 0 aliphatic carbocycles. The fourth-order valence-corrected chi connectivity index (χ4v) is 5.28. The summed E-state index contributed by atoms with van der Waals surface area (Å²) in [6.45, 7) is 2.65. The van der Waals surface area contributed by atoms with E-state index < -0.39 is 23.3 Å². The Labute approximate surface area is 219 Å². The van der Waals surface area contributed by atoms with Gasteiger partial charge in [0.15, 0.2) is 0 Å². The van der Waals surface area contributed by atoms with Crippen molar-refractivity contribution in [1.29, 1.82) is 0 Å². The fraction of sp³-hybridized carbons (Fsp3) is 0.258. The first-order chi connectivity index (χ1) is 18.3. The van der Waals surface area contributed by atoms with Crippen molar-refractivity contribution in [1.82, 2.24) is 5.32 Å². The van der Waals surface area contributed by atoms with Crippen LogP contribution in [0.5, 0.6) is 5.75 Å². The summed E-state index contributed by atoms with van der Waals surface area (Å²) in [5, 5.41) is 5.94. The van der Waals surface area contributed by atoms with E-state index >= 15 is 0 Å². The number of ether oxygens (including phenoxy) is 2. The van der Waals surface area contributed by atoms with Gasteiger partial charge in [-0.2, -0.15) is 13.2 Å². The number of benzene rings is 4. The Morgan fingerprint density at radius 2 is 1.76 bits per heavy atom. The average molecular weight is 520 g/mol. The van der Waals surface area contributed by atoms with E-state index in [-0.39, 0.29) is 18.1 Å². The largest absolute Gasteiger partial charge is 0.489 e. The second-order valence-electron chi connectivity index (χ2n) is 9.56. The van der Waals surface area contributed by atoms with E-state index in [1.54, 1.807) is 0 Å². The number of methoxy groups -OCH3 is 1. The number of halogens is 3. The molecular weight excluding hydrogens is 491 g/mol. The number of hydrogen-bond acceptors (Lipinski definition) is 4. The van der Waals surface area contributed by atoms with Gasteiger partial charge < -0.3 is 14.8 Å². The maximum Gasteiger partial charge on any atom is 0.417 e. The molecule has 0 saturated carbocycles. The van der Waals surface area contributed by atoms with Gasteiger partial charge in [-0.1, -0.05) is 66.7 Å². The lowest BCUT2D eigenvalue weighted by atomic mass is 9.83. The zero-order valence-corrected chi connectivity index (χ0v) is 21.1. The monoisotopic (exact) mass is 519 g/mol. The Bertz CT molecular complexity index is 1460. The highest BCUT2D eigenvalue weighted by Crippen LogP contribution is 2.42. The third-order valence-electron chi connectivity index (χ3n) is 7.18. The van der Waals surface area contributed by atoms with Crippen molar-refractivity contribution in [3.8, 4) is 5.75 Å². The van der Waals surface area contributed by atoms with Crippen LogP contribution in [0.2, 0.25) is 0 Å². The highest BCUT2D eigenvalue weighted by atomic mass is 19.4. The molecule has 4 nitrogen and oxygen atoms in total. The maximum atomic E-state index is 13.6. The predicted octanol–water partition coefficient (Wildman–Crippen LogP) is 7.28. The molecule has 0 fully saturated rings. The number of esters is 1. The molecule has 0 aromatic heterocycles. The normalized spacial score (nSPS) is 17.9. The van der Waals surface area contributed by atoms with E-state index in [0.29, 0.717) is 24.3 Å². The first-order valence-electron chi connectivity index (χ1n) is 12.5. The number of carbonyl (C=O) groups excluding carboxylic acids is 1. The molecule has 3 atom stereocenters. The molecule has 4 aromatic rings. The summed E-state index contributed by atoms with van der Waals surface area (Å²) < 4.78 is 51.8. The van der Waals surface area contributed by atoms with Crippen LogP contribution < -0.4 is 10.1 Å². The van der Waals surface area contributed by atoms with E-state index in [1.165, 1.54) is 28.5 Å². The van der Waals surface area contributed by atoms with Crippen molar-refractivity contribution < 1.29 is 27.4 Å². The van der Waals surface area contributed by atoms with E-state index in [0.717, 1.165) is 18.7 Å². The van der Waals surface area contributed by atoms with Gasteiger partial charge in [-0.15, -0.1) is 0 Å². The Morgan fingerprint density at radius 3 is 2.55 bits per heavy atom. The Balaban J connectivity index is 1.42. The number of para-hydroxylation sites is 1. The van der Waals surface area contributed by atoms with Crippen molar-refractivity contribution in [3.63, 3.8) is 0 Å². The lowest BCUT2D eigenvalue weighted by Crippen LogP contribution is -2.37. The molecule has 0 amide bonds. The van der Waals surface area contributed by atoms with Gasteiger partial charge in [-0.25, -0.2) is 4.79 Å². The summed E-state index contributed by atoms with van der Waals surface area (Å²) in [6, 6.07) is 25.8. The fourth-order valence-electron chi connectivity index (χ4n) is 5.28. The SMILES string of the molecule is COC(=O)c1cc(C2CC(CNC(C)c3cccc4ccccc34)Oc3ccccc32)ccc1C(F)(F)F. The minimum Gasteiger partial charge on any atom is -0.489 e. The van der Waals surface area contributed by atoms with E-state index in [1.807, 2.05) is 42.5 Å². The van der Waals surface area contributed by atoms with Crippen LogP contribution >= 0.6 is 0 Å². The highest BCUT2D eigenvalue weighted by Gasteiger charge is 2.37. The Kier molecular flexibility index (Phi) is 7.13. The molecule has 1 N–H and O–H groups in total. The number of nitrogens with one attached hydrogen (secondary N) is 1. The number of rotatable bonds is 6. The molecule has 1 aliphatic rings. The van der Waals surface area contributed by atoms with Crippen LogP contribution in [0.3, 0.4) is 0 Å². The molecule has 3 unspecified atom stereocenters. The maximum absolute atomic E-state index is 13.6. The minimum atomic E-state index is -4.67. The molecule has 196 valence electrons. The van der Waals surface area contributed by atoms with Gasteiger partial charge in [0.1, 0.15) is 11.9 Å². The molecule has 0 saturated heterocycles. The summed E-state index contributed by atoms with van der Waals surface area (Å²) in [7, 11) is 1.08. The zero-order valence-electron chi connectivity index (χ0n) is 21.1. The lowest BCUT2D eigenvalue weighted by Gasteiger charge is -2.33. The molecule has 4 aromatic carbocycles. The van der Waals surface area contributed by atoms with E-state index in [9.17, 15) is 18.0 Å². The first-order valence-corrected chi connectivity index (χ1v) is 12.5. The molecule has 7 heteroatoms. The van der Waals surface area contributed by atoms with Gasteiger partial charge in [0.05, 0.1) is 18.2 Å². The van der Waals surface area contributed by atoms with Crippen molar-refractivity contribution >= 4 is 16.7 Å². The molecule has 0 spiro atoms. The molecule has 1 heterocycles. The standard InChI is InChI=1S/C31H28F3NO3/c1-19(23-12-7-9-20-8-3-4-10-24(20)23)35-18-22-17-26(25-11-5-6-13-29(25)38-22)21-14-15-28(31(32,33)34)27(16-21)30(36)37-2/h3-16,19,22,26,35H,17-18H2,1-2H3.